The van der Waals surface area contributed by atoms with Gasteiger partial charge in [0.25, 0.3) is 5.95 Å². The van der Waals surface area contributed by atoms with Crippen LogP contribution >= 0.6 is 0 Å². The number of carbonyl (C=O) groups excluding carboxylic acids is 2. The predicted octanol–water partition coefficient (Wildman–Crippen LogP) is -0.0785. The molecule has 0 bridgehead atoms. The average molecular weight is 366 g/mol. The largest absolute Gasteiger partial charge is 0.502 e. The van der Waals surface area contributed by atoms with Gasteiger partial charge in [-0.3, -0.25) is 14.4 Å². The van der Waals surface area contributed by atoms with E-state index in [1.807, 2.05) is 0 Å². The molecule has 9 heteroatoms. The molecule has 0 aromatic carbocycles. The van der Waals surface area contributed by atoms with E-state index < -0.39 is 35.1 Å². The zero-order valence-electron chi connectivity index (χ0n) is 13.9. The van der Waals surface area contributed by atoms with Crippen LogP contribution in [0.2, 0.25) is 0 Å². The van der Waals surface area contributed by atoms with Gasteiger partial charge < -0.3 is 29.2 Å². The number of carbonyl (C=O) groups is 2. The first-order valence-corrected chi connectivity index (χ1v) is 7.75. The van der Waals surface area contributed by atoms with Gasteiger partial charge >= 0.3 is 0 Å². The molecule has 3 N–H and O–H groups in total. The quantitative estimate of drug-likeness (QED) is 0.327. The van der Waals surface area contributed by atoms with Crippen LogP contribution < -0.4 is 10.2 Å². The average Bonchev–Trinajstić information content (AvgIpc) is 2.60. The molecule has 0 aliphatic heterocycles. The minimum absolute atomic E-state index is 0.0386. The van der Waals surface area contributed by atoms with E-state index in [2.05, 4.69) is 0 Å². The molecule has 0 radical (unpaired) electrons. The van der Waals surface area contributed by atoms with Crippen LogP contribution in [0, 0.1) is 0 Å². The molecule has 1 heterocycles. The highest BCUT2D eigenvalue weighted by molar-refractivity contribution is 6.48. The first kappa shape index (κ1) is 19.6. The smallest absolute Gasteiger partial charge is 0.291 e. The molecule has 1 aliphatic rings. The first-order chi connectivity index (χ1) is 12.3. The molecule has 0 saturated carbocycles. The standard InChI is InChI=1S/C17H18O9/c1-9(24-11(8-19)4-5-18)25-15-7-14(22)16(23)17(26-15)10-2-3-12(20)13(21)6-10/h2-3,6-7,9,11,18-19,23H,4-5,8H2,1H3. The zero-order valence-corrected chi connectivity index (χ0v) is 13.9. The molecule has 2 atom stereocenters. The fraction of sp³-hybridized carbons (Fsp3) is 0.353. The summed E-state index contributed by atoms with van der Waals surface area (Å²) in [5, 5.41) is 27.9. The third kappa shape index (κ3) is 4.66. The fourth-order valence-electron chi connectivity index (χ4n) is 2.18. The van der Waals surface area contributed by atoms with Gasteiger partial charge in [0.2, 0.25) is 29.0 Å². The van der Waals surface area contributed by atoms with Gasteiger partial charge in [0, 0.05) is 18.3 Å². The number of aromatic hydroxyl groups is 1. The molecular weight excluding hydrogens is 348 g/mol. The fourth-order valence-corrected chi connectivity index (χ4v) is 2.18. The van der Waals surface area contributed by atoms with Gasteiger partial charge in [0.1, 0.15) is 0 Å². The minimum atomic E-state index is -0.946. The molecule has 0 spiro atoms. The molecular formula is C17H18O9. The van der Waals surface area contributed by atoms with E-state index in [1.54, 1.807) is 0 Å². The Hall–Kier alpha value is -2.75. The van der Waals surface area contributed by atoms with Gasteiger partial charge in [0.15, 0.2) is 5.76 Å². The van der Waals surface area contributed by atoms with Crippen molar-refractivity contribution in [3.05, 3.63) is 40.3 Å². The van der Waals surface area contributed by atoms with Gasteiger partial charge in [-0.05, 0) is 25.5 Å². The van der Waals surface area contributed by atoms with E-state index in [1.165, 1.54) is 13.0 Å². The Morgan fingerprint density at radius 2 is 1.88 bits per heavy atom. The maximum absolute atomic E-state index is 11.9. The number of aliphatic hydroxyl groups excluding tert-OH is 2. The van der Waals surface area contributed by atoms with Crippen molar-refractivity contribution in [2.45, 2.75) is 25.7 Å². The Kier molecular flexibility index (Phi) is 6.45. The van der Waals surface area contributed by atoms with Gasteiger partial charge in [-0.1, -0.05) is 0 Å². The van der Waals surface area contributed by atoms with Gasteiger partial charge in [-0.25, -0.2) is 0 Å². The van der Waals surface area contributed by atoms with Crippen molar-refractivity contribution in [2.24, 2.45) is 0 Å². The van der Waals surface area contributed by atoms with E-state index in [9.17, 15) is 19.5 Å². The lowest BCUT2D eigenvalue weighted by Gasteiger charge is -2.20. The zero-order chi connectivity index (χ0) is 19.3. The van der Waals surface area contributed by atoms with Crippen LogP contribution in [0.1, 0.15) is 19.1 Å². The molecule has 1 aromatic heterocycles. The predicted molar refractivity (Wildman–Crippen MR) is 87.5 cm³/mol. The summed E-state index contributed by atoms with van der Waals surface area (Å²) in [5.74, 6) is -2.91. The Morgan fingerprint density at radius 3 is 2.50 bits per heavy atom. The van der Waals surface area contributed by atoms with Gasteiger partial charge in [-0.15, -0.1) is 0 Å². The van der Waals surface area contributed by atoms with Crippen LogP contribution in [0.15, 0.2) is 33.5 Å². The number of ketones is 2. The molecule has 140 valence electrons. The summed E-state index contributed by atoms with van der Waals surface area (Å²) in [7, 11) is 0. The topological polar surface area (TPSA) is 144 Å². The summed E-state index contributed by atoms with van der Waals surface area (Å²) in [6.45, 7) is 0.949. The summed E-state index contributed by atoms with van der Waals surface area (Å²) < 4.78 is 16.0. The number of aliphatic hydroxyl groups is 2. The number of hydrogen-bond acceptors (Lipinski definition) is 9. The van der Waals surface area contributed by atoms with Crippen molar-refractivity contribution >= 4 is 17.1 Å². The highest BCUT2D eigenvalue weighted by Gasteiger charge is 2.22. The lowest BCUT2D eigenvalue weighted by Crippen LogP contribution is -2.28. The SMILES string of the molecule is CC(Oc1cc(=O)c(O)c(C2=CC(=O)C(=O)C=C2)o1)OC(CO)CCO. The van der Waals surface area contributed by atoms with Crippen molar-refractivity contribution in [1.82, 2.24) is 0 Å². The summed E-state index contributed by atoms with van der Waals surface area (Å²) in [4.78, 5) is 34.6. The Morgan fingerprint density at radius 1 is 1.15 bits per heavy atom. The summed E-state index contributed by atoms with van der Waals surface area (Å²) >= 11 is 0. The number of ether oxygens (including phenoxy) is 2. The maximum Gasteiger partial charge on any atom is 0.291 e. The van der Waals surface area contributed by atoms with E-state index in [-0.39, 0.29) is 36.9 Å². The van der Waals surface area contributed by atoms with E-state index in [0.717, 1.165) is 18.2 Å². The van der Waals surface area contributed by atoms with Crippen LogP contribution in [-0.2, 0) is 14.3 Å². The van der Waals surface area contributed by atoms with Gasteiger partial charge in [-0.2, -0.15) is 0 Å². The number of hydrogen-bond donors (Lipinski definition) is 3. The van der Waals surface area contributed by atoms with Crippen molar-refractivity contribution in [3.63, 3.8) is 0 Å². The molecule has 1 aromatic rings. The lowest BCUT2D eigenvalue weighted by atomic mass is 10.0. The summed E-state index contributed by atoms with van der Waals surface area (Å²) in [5.41, 5.74) is -0.780. The highest BCUT2D eigenvalue weighted by atomic mass is 16.7. The molecule has 26 heavy (non-hydrogen) atoms. The van der Waals surface area contributed by atoms with Crippen molar-refractivity contribution in [1.29, 1.82) is 0 Å². The van der Waals surface area contributed by atoms with Crippen LogP contribution in [0.25, 0.3) is 5.57 Å². The molecule has 1 aliphatic carbocycles. The lowest BCUT2D eigenvalue weighted by molar-refractivity contribution is -0.132. The van der Waals surface area contributed by atoms with Crippen LogP contribution in [-0.4, -0.2) is 52.5 Å². The second kappa shape index (κ2) is 8.56. The van der Waals surface area contributed by atoms with E-state index >= 15 is 0 Å². The summed E-state index contributed by atoms with van der Waals surface area (Å²) in [6, 6.07) is 0.888. The molecule has 0 amide bonds. The molecule has 2 rings (SSSR count). The third-order valence-electron chi connectivity index (χ3n) is 3.43. The second-order valence-electron chi connectivity index (χ2n) is 5.41. The minimum Gasteiger partial charge on any atom is -0.502 e. The van der Waals surface area contributed by atoms with Crippen molar-refractivity contribution < 1.29 is 38.8 Å². The number of allylic oxidation sites excluding steroid dienone is 4. The van der Waals surface area contributed by atoms with Crippen molar-refractivity contribution in [3.8, 4) is 11.7 Å². The summed E-state index contributed by atoms with van der Waals surface area (Å²) in [6.07, 6.45) is 1.73. The Labute approximate surface area is 147 Å². The van der Waals surface area contributed by atoms with Crippen LogP contribution in [0.5, 0.6) is 11.7 Å². The molecule has 0 saturated heterocycles. The second-order valence-corrected chi connectivity index (χ2v) is 5.41. The number of rotatable bonds is 8. The Balaban J connectivity index is 2.24. The normalized spacial score (nSPS) is 16.3. The maximum atomic E-state index is 11.9. The first-order valence-electron chi connectivity index (χ1n) is 7.75. The molecule has 9 nitrogen and oxygen atoms in total. The molecule has 2 unspecified atom stereocenters. The monoisotopic (exact) mass is 366 g/mol. The van der Waals surface area contributed by atoms with E-state index in [4.69, 9.17) is 24.1 Å². The van der Waals surface area contributed by atoms with Crippen LogP contribution in [0.3, 0.4) is 0 Å². The third-order valence-corrected chi connectivity index (χ3v) is 3.43. The van der Waals surface area contributed by atoms with Crippen molar-refractivity contribution in [2.75, 3.05) is 13.2 Å². The van der Waals surface area contributed by atoms with Gasteiger partial charge in [0.05, 0.1) is 18.8 Å². The van der Waals surface area contributed by atoms with Crippen LogP contribution in [0.4, 0.5) is 0 Å². The molecule has 0 fully saturated rings. The Bertz CT molecular complexity index is 803. The highest BCUT2D eigenvalue weighted by Crippen LogP contribution is 2.29. The van der Waals surface area contributed by atoms with E-state index in [0.29, 0.717) is 0 Å².